The Labute approximate surface area is 138 Å². The molecule has 1 aromatic rings. The van der Waals surface area contributed by atoms with E-state index in [-0.39, 0.29) is 12.1 Å². The Morgan fingerprint density at radius 2 is 2.13 bits per heavy atom. The molecule has 3 heterocycles. The maximum absolute atomic E-state index is 13.1. The first-order valence-electron chi connectivity index (χ1n) is 8.47. The summed E-state index contributed by atoms with van der Waals surface area (Å²) in [4.78, 5) is 0. The summed E-state index contributed by atoms with van der Waals surface area (Å²) < 4.78 is 40.7. The standard InChI is InChI=1S/C16H26N2O4S/c1-3-17(12-14-6-5-11-21-14)23(19,20)18-10-4-7-15(18)16-9-8-13(2)22-16/h8-9,14-15H,3-7,10-12H2,1-2H3. The summed E-state index contributed by atoms with van der Waals surface area (Å²) in [7, 11) is -3.50. The molecule has 6 nitrogen and oxygen atoms in total. The van der Waals surface area contributed by atoms with Crippen LogP contribution in [0.4, 0.5) is 0 Å². The van der Waals surface area contributed by atoms with Crippen molar-refractivity contribution in [2.45, 2.75) is 51.7 Å². The molecule has 0 bridgehead atoms. The van der Waals surface area contributed by atoms with Crippen LogP contribution in [0.5, 0.6) is 0 Å². The number of ether oxygens (including phenoxy) is 1. The monoisotopic (exact) mass is 342 g/mol. The highest BCUT2D eigenvalue weighted by atomic mass is 32.2. The second kappa shape index (κ2) is 6.93. The molecular weight excluding hydrogens is 316 g/mol. The molecule has 0 N–H and O–H groups in total. The molecule has 0 saturated carbocycles. The minimum absolute atomic E-state index is 0.0247. The number of likely N-dealkylation sites (N-methyl/N-ethyl adjacent to an activating group) is 1. The van der Waals surface area contributed by atoms with Crippen molar-refractivity contribution < 1.29 is 17.6 Å². The predicted octanol–water partition coefficient (Wildman–Crippen LogP) is 2.47. The fourth-order valence-electron chi connectivity index (χ4n) is 3.48. The smallest absolute Gasteiger partial charge is 0.282 e. The lowest BCUT2D eigenvalue weighted by atomic mass is 10.2. The van der Waals surface area contributed by atoms with Gasteiger partial charge in [-0.25, -0.2) is 0 Å². The van der Waals surface area contributed by atoms with E-state index < -0.39 is 10.2 Å². The van der Waals surface area contributed by atoms with Crippen LogP contribution in [0.25, 0.3) is 0 Å². The van der Waals surface area contributed by atoms with Crippen LogP contribution in [0.2, 0.25) is 0 Å². The first kappa shape index (κ1) is 17.0. The zero-order valence-corrected chi connectivity index (χ0v) is 14.7. The Morgan fingerprint density at radius 1 is 1.30 bits per heavy atom. The van der Waals surface area contributed by atoms with E-state index in [1.165, 1.54) is 0 Å². The van der Waals surface area contributed by atoms with Crippen molar-refractivity contribution in [2.75, 3.05) is 26.2 Å². The van der Waals surface area contributed by atoms with Gasteiger partial charge < -0.3 is 9.15 Å². The van der Waals surface area contributed by atoms with E-state index in [0.717, 1.165) is 43.8 Å². The van der Waals surface area contributed by atoms with Gasteiger partial charge in [0.15, 0.2) is 0 Å². The number of furan rings is 1. The summed E-state index contributed by atoms with van der Waals surface area (Å²) in [6, 6.07) is 3.60. The van der Waals surface area contributed by atoms with Crippen LogP contribution in [-0.4, -0.2) is 49.4 Å². The highest BCUT2D eigenvalue weighted by molar-refractivity contribution is 7.86. The van der Waals surface area contributed by atoms with Gasteiger partial charge in [0, 0.05) is 26.2 Å². The van der Waals surface area contributed by atoms with E-state index in [0.29, 0.717) is 19.6 Å². The Morgan fingerprint density at radius 3 is 2.74 bits per heavy atom. The number of hydrogen-bond acceptors (Lipinski definition) is 4. The zero-order chi connectivity index (χ0) is 16.4. The largest absolute Gasteiger partial charge is 0.465 e. The normalized spacial score (nSPS) is 26.4. The Hall–Kier alpha value is -0.890. The molecule has 3 rings (SSSR count). The predicted molar refractivity (Wildman–Crippen MR) is 87.3 cm³/mol. The Kier molecular flexibility index (Phi) is 5.10. The van der Waals surface area contributed by atoms with E-state index in [9.17, 15) is 8.42 Å². The molecule has 0 radical (unpaired) electrons. The third-order valence-electron chi connectivity index (χ3n) is 4.70. The van der Waals surface area contributed by atoms with Crippen molar-refractivity contribution in [3.8, 4) is 0 Å². The molecule has 23 heavy (non-hydrogen) atoms. The van der Waals surface area contributed by atoms with Crippen molar-refractivity contribution in [2.24, 2.45) is 0 Å². The van der Waals surface area contributed by atoms with E-state index >= 15 is 0 Å². The van der Waals surface area contributed by atoms with Crippen LogP contribution in [-0.2, 0) is 14.9 Å². The van der Waals surface area contributed by atoms with Gasteiger partial charge in [-0.1, -0.05) is 6.92 Å². The third-order valence-corrected chi connectivity index (χ3v) is 6.79. The minimum Gasteiger partial charge on any atom is -0.465 e. The molecule has 1 aromatic heterocycles. The molecule has 2 unspecified atom stereocenters. The lowest BCUT2D eigenvalue weighted by Gasteiger charge is -2.30. The van der Waals surface area contributed by atoms with Gasteiger partial charge in [-0.15, -0.1) is 0 Å². The van der Waals surface area contributed by atoms with Gasteiger partial charge in [-0.3, -0.25) is 0 Å². The molecule has 2 aliphatic heterocycles. The van der Waals surface area contributed by atoms with Gasteiger partial charge in [-0.05, 0) is 44.7 Å². The van der Waals surface area contributed by atoms with Gasteiger partial charge in [0.2, 0.25) is 0 Å². The zero-order valence-electron chi connectivity index (χ0n) is 13.9. The summed E-state index contributed by atoms with van der Waals surface area (Å²) >= 11 is 0. The molecular formula is C16H26N2O4S. The summed E-state index contributed by atoms with van der Waals surface area (Å²) in [5.41, 5.74) is 0. The summed E-state index contributed by atoms with van der Waals surface area (Å²) in [5, 5.41) is 0. The summed E-state index contributed by atoms with van der Waals surface area (Å²) in [6.07, 6.45) is 3.65. The van der Waals surface area contributed by atoms with Crippen LogP contribution in [0.15, 0.2) is 16.5 Å². The molecule has 130 valence electrons. The molecule has 0 aromatic carbocycles. The van der Waals surface area contributed by atoms with Gasteiger partial charge in [-0.2, -0.15) is 17.0 Å². The lowest BCUT2D eigenvalue weighted by Crippen LogP contribution is -2.46. The Balaban J connectivity index is 1.78. The van der Waals surface area contributed by atoms with Gasteiger partial charge in [0.1, 0.15) is 11.5 Å². The topological polar surface area (TPSA) is 63.0 Å². The molecule has 2 fully saturated rings. The average molecular weight is 342 g/mol. The molecule has 0 amide bonds. The van der Waals surface area contributed by atoms with Gasteiger partial charge in [0.05, 0.1) is 12.1 Å². The van der Waals surface area contributed by atoms with Crippen LogP contribution in [0, 0.1) is 6.92 Å². The maximum Gasteiger partial charge on any atom is 0.282 e. The number of hydrogen-bond donors (Lipinski definition) is 0. The van der Waals surface area contributed by atoms with Crippen molar-refractivity contribution in [3.63, 3.8) is 0 Å². The van der Waals surface area contributed by atoms with Crippen molar-refractivity contribution in [1.82, 2.24) is 8.61 Å². The second-order valence-corrected chi connectivity index (χ2v) is 8.19. The first-order valence-corrected chi connectivity index (χ1v) is 9.87. The van der Waals surface area contributed by atoms with Crippen LogP contribution in [0.1, 0.15) is 50.2 Å². The van der Waals surface area contributed by atoms with Crippen LogP contribution >= 0.6 is 0 Å². The average Bonchev–Trinajstić information content (AvgIpc) is 3.25. The molecule has 0 aliphatic carbocycles. The molecule has 2 saturated heterocycles. The molecule has 2 aliphatic rings. The second-order valence-electron chi connectivity index (χ2n) is 6.31. The van der Waals surface area contributed by atoms with Crippen LogP contribution < -0.4 is 0 Å². The first-order chi connectivity index (χ1) is 11.0. The van der Waals surface area contributed by atoms with E-state index in [4.69, 9.17) is 9.15 Å². The molecule has 0 spiro atoms. The Bertz CT molecular complexity index is 622. The number of aryl methyl sites for hydroxylation is 1. The lowest BCUT2D eigenvalue weighted by molar-refractivity contribution is 0.0928. The van der Waals surface area contributed by atoms with Crippen LogP contribution in [0.3, 0.4) is 0 Å². The molecule has 2 atom stereocenters. The highest BCUT2D eigenvalue weighted by Gasteiger charge is 2.40. The van der Waals surface area contributed by atoms with E-state index in [2.05, 4.69) is 0 Å². The van der Waals surface area contributed by atoms with Crippen molar-refractivity contribution >= 4 is 10.2 Å². The number of nitrogens with zero attached hydrogens (tertiary/aromatic N) is 2. The maximum atomic E-state index is 13.1. The number of rotatable bonds is 6. The van der Waals surface area contributed by atoms with Gasteiger partial charge >= 0.3 is 0 Å². The molecule has 7 heteroatoms. The third kappa shape index (κ3) is 3.47. The van der Waals surface area contributed by atoms with Crippen molar-refractivity contribution in [1.29, 1.82) is 0 Å². The fraction of sp³-hybridized carbons (Fsp3) is 0.750. The quantitative estimate of drug-likeness (QED) is 0.797. The van der Waals surface area contributed by atoms with Gasteiger partial charge in [0.25, 0.3) is 10.2 Å². The SMILES string of the molecule is CCN(CC1CCCO1)S(=O)(=O)N1CCCC1c1ccc(C)o1. The summed E-state index contributed by atoms with van der Waals surface area (Å²) in [5.74, 6) is 1.56. The van der Waals surface area contributed by atoms with Crippen molar-refractivity contribution in [3.05, 3.63) is 23.7 Å². The van der Waals surface area contributed by atoms with E-state index in [1.54, 1.807) is 8.61 Å². The highest BCUT2D eigenvalue weighted by Crippen LogP contribution is 2.36. The fourth-order valence-corrected chi connectivity index (χ4v) is 5.35. The summed E-state index contributed by atoms with van der Waals surface area (Å²) in [6.45, 7) is 5.96. The van der Waals surface area contributed by atoms with E-state index in [1.807, 2.05) is 26.0 Å². The minimum atomic E-state index is -3.50.